The number of halogens is 3. The molecule has 7 heteroatoms. The van der Waals surface area contributed by atoms with Crippen LogP contribution in [0.4, 0.5) is 13.2 Å². The number of hydrogen-bond acceptors (Lipinski definition) is 3. The average molecular weight is 321 g/mol. The Morgan fingerprint density at radius 3 is 2.29 bits per heavy atom. The van der Waals surface area contributed by atoms with E-state index in [-0.39, 0.29) is 35.1 Å². The van der Waals surface area contributed by atoms with E-state index in [0.717, 1.165) is 6.07 Å². The molecule has 3 nitrogen and oxygen atoms in total. The zero-order chi connectivity index (χ0) is 16.3. The van der Waals surface area contributed by atoms with Gasteiger partial charge in [-0.25, -0.2) is 0 Å². The van der Waals surface area contributed by atoms with E-state index in [1.807, 2.05) is 20.8 Å². The second kappa shape index (κ2) is 6.62. The maximum absolute atomic E-state index is 12.9. The van der Waals surface area contributed by atoms with E-state index < -0.39 is 11.7 Å². The number of benzene rings is 1. The predicted octanol–water partition coefficient (Wildman–Crippen LogP) is 3.53. The fourth-order valence-corrected chi connectivity index (χ4v) is 1.75. The first kappa shape index (κ1) is 17.7. The van der Waals surface area contributed by atoms with Crippen LogP contribution in [0.3, 0.4) is 0 Å². The fourth-order valence-electron chi connectivity index (χ4n) is 1.57. The molecule has 0 aromatic heterocycles. The number of rotatable bonds is 5. The van der Waals surface area contributed by atoms with Crippen molar-refractivity contribution in [3.05, 3.63) is 29.3 Å². The number of nitrogens with two attached hydrogens (primary N) is 1. The molecule has 0 unspecified atom stereocenters. The Morgan fingerprint density at radius 1 is 1.19 bits per heavy atom. The van der Waals surface area contributed by atoms with Crippen molar-refractivity contribution < 1.29 is 22.6 Å². The molecule has 0 atom stereocenters. The summed E-state index contributed by atoms with van der Waals surface area (Å²) in [5.74, 6) is 0.0971. The van der Waals surface area contributed by atoms with Crippen molar-refractivity contribution >= 4 is 17.2 Å². The molecule has 1 aromatic rings. The van der Waals surface area contributed by atoms with Crippen LogP contribution in [-0.4, -0.2) is 23.8 Å². The quantitative estimate of drug-likeness (QED) is 0.665. The highest BCUT2D eigenvalue weighted by Crippen LogP contribution is 2.34. The first-order valence-corrected chi connectivity index (χ1v) is 6.69. The van der Waals surface area contributed by atoms with Crippen molar-refractivity contribution in [2.75, 3.05) is 13.2 Å². The highest BCUT2D eigenvalue weighted by Gasteiger charge is 2.34. The normalized spacial score (nSPS) is 12.3. The van der Waals surface area contributed by atoms with Gasteiger partial charge in [-0.15, -0.1) is 0 Å². The third-order valence-corrected chi connectivity index (χ3v) is 2.67. The van der Waals surface area contributed by atoms with Crippen molar-refractivity contribution in [1.82, 2.24) is 0 Å². The number of thiocarbonyl (C=S) groups is 1. The van der Waals surface area contributed by atoms with Crippen molar-refractivity contribution in [2.24, 2.45) is 5.73 Å². The first-order valence-electron chi connectivity index (χ1n) is 6.28. The zero-order valence-electron chi connectivity index (χ0n) is 12.1. The third-order valence-electron chi connectivity index (χ3n) is 2.45. The lowest BCUT2D eigenvalue weighted by atomic mass is 10.1. The monoisotopic (exact) mass is 321 g/mol. The third kappa shape index (κ3) is 5.89. The van der Waals surface area contributed by atoms with Gasteiger partial charge in [0.15, 0.2) is 0 Å². The Balaban J connectivity index is 2.80. The molecule has 0 aliphatic carbocycles. The molecule has 1 rings (SSSR count). The van der Waals surface area contributed by atoms with Gasteiger partial charge in [-0.2, -0.15) is 13.2 Å². The summed E-state index contributed by atoms with van der Waals surface area (Å²) in [5.41, 5.74) is 3.87. The molecule has 118 valence electrons. The summed E-state index contributed by atoms with van der Waals surface area (Å²) < 4.78 is 49.5. The van der Waals surface area contributed by atoms with Crippen LogP contribution in [0, 0.1) is 0 Å². The Hall–Kier alpha value is -1.34. The predicted molar refractivity (Wildman–Crippen MR) is 78.5 cm³/mol. The van der Waals surface area contributed by atoms with Crippen molar-refractivity contribution in [2.45, 2.75) is 32.5 Å². The van der Waals surface area contributed by atoms with E-state index >= 15 is 0 Å². The van der Waals surface area contributed by atoms with Crippen LogP contribution in [0.25, 0.3) is 0 Å². The van der Waals surface area contributed by atoms with E-state index in [9.17, 15) is 13.2 Å². The molecule has 0 bridgehead atoms. The van der Waals surface area contributed by atoms with Gasteiger partial charge in [-0.1, -0.05) is 12.2 Å². The lowest BCUT2D eigenvalue weighted by Crippen LogP contribution is -2.22. The summed E-state index contributed by atoms with van der Waals surface area (Å²) in [7, 11) is 0. The van der Waals surface area contributed by atoms with Crippen molar-refractivity contribution in [1.29, 1.82) is 0 Å². The Labute approximate surface area is 127 Å². The largest absolute Gasteiger partial charge is 0.491 e. The van der Waals surface area contributed by atoms with Crippen LogP contribution in [0.1, 0.15) is 31.9 Å². The maximum Gasteiger partial charge on any atom is 0.417 e. The second-order valence-corrected chi connectivity index (χ2v) is 5.82. The molecule has 0 spiro atoms. The van der Waals surface area contributed by atoms with E-state index in [0.29, 0.717) is 0 Å². The zero-order valence-corrected chi connectivity index (χ0v) is 12.9. The van der Waals surface area contributed by atoms with E-state index in [2.05, 4.69) is 12.2 Å². The minimum atomic E-state index is -4.54. The summed E-state index contributed by atoms with van der Waals surface area (Å²) in [5, 5.41) is 0. The van der Waals surface area contributed by atoms with Gasteiger partial charge in [0.2, 0.25) is 0 Å². The molecule has 21 heavy (non-hydrogen) atoms. The summed E-state index contributed by atoms with van der Waals surface area (Å²) in [6.07, 6.45) is -4.54. The van der Waals surface area contributed by atoms with Crippen LogP contribution in [0.5, 0.6) is 5.75 Å². The molecule has 0 amide bonds. The Morgan fingerprint density at radius 2 is 1.81 bits per heavy atom. The van der Waals surface area contributed by atoms with Gasteiger partial charge < -0.3 is 15.2 Å². The van der Waals surface area contributed by atoms with E-state index in [1.54, 1.807) is 0 Å². The van der Waals surface area contributed by atoms with Gasteiger partial charge in [-0.3, -0.25) is 0 Å². The van der Waals surface area contributed by atoms with Crippen LogP contribution in [0.15, 0.2) is 18.2 Å². The molecule has 0 aliphatic rings. The Bertz CT molecular complexity index is 510. The van der Waals surface area contributed by atoms with Crippen molar-refractivity contribution in [3.63, 3.8) is 0 Å². The van der Waals surface area contributed by atoms with Gasteiger partial charge in [0.25, 0.3) is 0 Å². The molecule has 0 heterocycles. The highest BCUT2D eigenvalue weighted by atomic mass is 32.1. The topological polar surface area (TPSA) is 44.5 Å². The molecule has 0 fully saturated rings. The Kier molecular flexibility index (Phi) is 5.58. The van der Waals surface area contributed by atoms with Gasteiger partial charge >= 0.3 is 6.18 Å². The number of hydrogen-bond donors (Lipinski definition) is 1. The van der Waals surface area contributed by atoms with E-state index in [4.69, 9.17) is 15.2 Å². The lowest BCUT2D eigenvalue weighted by Gasteiger charge is -2.20. The minimum absolute atomic E-state index is 0.0971. The lowest BCUT2D eigenvalue weighted by molar-refractivity contribution is -0.137. The second-order valence-electron chi connectivity index (χ2n) is 5.38. The molecule has 0 aliphatic heterocycles. The van der Waals surface area contributed by atoms with Crippen LogP contribution in [-0.2, 0) is 10.9 Å². The maximum atomic E-state index is 12.9. The smallest absolute Gasteiger partial charge is 0.417 e. The van der Waals surface area contributed by atoms with Gasteiger partial charge in [0.1, 0.15) is 17.3 Å². The van der Waals surface area contributed by atoms with Crippen LogP contribution in [0.2, 0.25) is 0 Å². The van der Waals surface area contributed by atoms with Crippen LogP contribution < -0.4 is 10.5 Å². The van der Waals surface area contributed by atoms with E-state index in [1.165, 1.54) is 12.1 Å². The SMILES string of the molecule is CC(C)(C)OCCOc1ccc(C(N)=S)c(C(F)(F)F)c1. The summed E-state index contributed by atoms with van der Waals surface area (Å²) in [6.45, 7) is 6.08. The van der Waals surface area contributed by atoms with Gasteiger partial charge in [0, 0.05) is 5.56 Å². The molecule has 0 radical (unpaired) electrons. The molecular weight excluding hydrogens is 303 g/mol. The summed E-state index contributed by atoms with van der Waals surface area (Å²) in [4.78, 5) is -0.301. The molecule has 1 aromatic carbocycles. The first-order chi connectivity index (χ1) is 9.50. The van der Waals surface area contributed by atoms with Crippen LogP contribution >= 0.6 is 12.2 Å². The number of ether oxygens (including phenoxy) is 2. The van der Waals surface area contributed by atoms with Crippen molar-refractivity contribution in [3.8, 4) is 5.75 Å². The standard InChI is InChI=1S/C14H18F3NO2S/c1-13(2,3)20-7-6-19-9-4-5-10(12(18)21)11(8-9)14(15,16)17/h4-5,8H,6-7H2,1-3H3,(H2,18,21). The molecule has 0 saturated carbocycles. The number of alkyl halides is 3. The molecule has 2 N–H and O–H groups in total. The fraction of sp³-hybridized carbons (Fsp3) is 0.500. The summed E-state index contributed by atoms with van der Waals surface area (Å²) in [6, 6.07) is 3.51. The minimum Gasteiger partial charge on any atom is -0.491 e. The summed E-state index contributed by atoms with van der Waals surface area (Å²) >= 11 is 4.63. The highest BCUT2D eigenvalue weighted by molar-refractivity contribution is 7.80. The van der Waals surface area contributed by atoms with Gasteiger partial charge in [0.05, 0.1) is 17.8 Å². The average Bonchev–Trinajstić information content (AvgIpc) is 2.32. The molecule has 0 saturated heterocycles. The van der Waals surface area contributed by atoms with Gasteiger partial charge in [-0.05, 0) is 39.0 Å². The molecular formula is C14H18F3NO2S.